The van der Waals surface area contributed by atoms with Crippen molar-refractivity contribution < 1.29 is 4.79 Å². The fourth-order valence-corrected chi connectivity index (χ4v) is 1.72. The largest absolute Gasteiger partial charge is 0.330 e. The van der Waals surface area contributed by atoms with Crippen molar-refractivity contribution in [1.29, 1.82) is 0 Å². The topological polar surface area (TPSA) is 46.3 Å². The molecule has 0 aliphatic rings. The number of nitrogens with two attached hydrogens (primary N) is 1. The van der Waals surface area contributed by atoms with Gasteiger partial charge in [-0.2, -0.15) is 0 Å². The molecule has 0 saturated carbocycles. The molecule has 1 aromatic carbocycles. The zero-order valence-corrected chi connectivity index (χ0v) is 11.6. The van der Waals surface area contributed by atoms with Crippen molar-refractivity contribution in [2.24, 2.45) is 11.1 Å². The Morgan fingerprint density at radius 2 is 1.89 bits per heavy atom. The highest BCUT2D eigenvalue weighted by Gasteiger charge is 2.30. The fourth-order valence-electron chi connectivity index (χ4n) is 1.72. The van der Waals surface area contributed by atoms with E-state index in [4.69, 9.17) is 5.73 Å². The molecule has 2 N–H and O–H groups in total. The molecule has 0 radical (unpaired) electrons. The Labute approximate surface area is 110 Å². The van der Waals surface area contributed by atoms with Crippen molar-refractivity contribution in [2.75, 3.05) is 18.0 Å². The van der Waals surface area contributed by atoms with E-state index in [1.807, 2.05) is 56.0 Å². The summed E-state index contributed by atoms with van der Waals surface area (Å²) >= 11 is 0. The lowest BCUT2D eigenvalue weighted by molar-refractivity contribution is -0.126. The number of carbonyl (C=O) groups excluding carboxylic acids is 1. The molecule has 0 fully saturated rings. The lowest BCUT2D eigenvalue weighted by Gasteiger charge is -2.31. The van der Waals surface area contributed by atoms with Crippen molar-refractivity contribution in [3.8, 4) is 0 Å². The Bertz CT molecular complexity index is 373. The van der Waals surface area contributed by atoms with Gasteiger partial charge in [0.1, 0.15) is 0 Å². The van der Waals surface area contributed by atoms with E-state index in [-0.39, 0.29) is 11.3 Å². The van der Waals surface area contributed by atoms with Gasteiger partial charge >= 0.3 is 0 Å². The monoisotopic (exact) mass is 248 g/mol. The van der Waals surface area contributed by atoms with E-state index < -0.39 is 0 Å². The second kappa shape index (κ2) is 6.55. The maximum absolute atomic E-state index is 12.6. The van der Waals surface area contributed by atoms with Crippen LogP contribution < -0.4 is 10.6 Å². The summed E-state index contributed by atoms with van der Waals surface area (Å²) in [6.45, 7) is 7.32. The number of carbonyl (C=O) groups is 1. The number of hydrogen-bond donors (Lipinski definition) is 1. The minimum absolute atomic E-state index is 0.171. The van der Waals surface area contributed by atoms with Crippen molar-refractivity contribution in [1.82, 2.24) is 0 Å². The summed E-state index contributed by atoms with van der Waals surface area (Å²) in [5.41, 5.74) is 6.19. The molecule has 0 aliphatic carbocycles. The van der Waals surface area contributed by atoms with Gasteiger partial charge in [0, 0.05) is 17.6 Å². The molecule has 0 unspecified atom stereocenters. The van der Waals surface area contributed by atoms with Gasteiger partial charge in [-0.05, 0) is 31.5 Å². The van der Waals surface area contributed by atoms with Crippen LogP contribution >= 0.6 is 0 Å². The molecule has 3 nitrogen and oxygen atoms in total. The van der Waals surface area contributed by atoms with Gasteiger partial charge in [-0.25, -0.2) is 0 Å². The highest BCUT2D eigenvalue weighted by Crippen LogP contribution is 2.26. The predicted octanol–water partition coefficient (Wildman–Crippen LogP) is 2.80. The van der Waals surface area contributed by atoms with E-state index in [2.05, 4.69) is 0 Å². The average molecular weight is 248 g/mol. The van der Waals surface area contributed by atoms with E-state index in [1.165, 1.54) is 0 Å². The van der Waals surface area contributed by atoms with Crippen LogP contribution in [0.5, 0.6) is 0 Å². The number of hydrogen-bond acceptors (Lipinski definition) is 2. The lowest BCUT2D eigenvalue weighted by Crippen LogP contribution is -2.41. The van der Waals surface area contributed by atoms with Crippen LogP contribution in [-0.4, -0.2) is 19.0 Å². The summed E-state index contributed by atoms with van der Waals surface area (Å²) in [7, 11) is 0. The summed E-state index contributed by atoms with van der Waals surface area (Å²) in [6, 6.07) is 9.81. The third-order valence-electron chi connectivity index (χ3n) is 3.36. The van der Waals surface area contributed by atoms with Gasteiger partial charge in [0.25, 0.3) is 0 Å². The Morgan fingerprint density at radius 3 is 2.39 bits per heavy atom. The van der Waals surface area contributed by atoms with E-state index in [9.17, 15) is 4.79 Å². The van der Waals surface area contributed by atoms with Gasteiger partial charge in [-0.3, -0.25) is 4.79 Å². The molecule has 0 saturated heterocycles. The van der Waals surface area contributed by atoms with E-state index in [1.54, 1.807) is 0 Å². The lowest BCUT2D eigenvalue weighted by atomic mass is 9.88. The molecule has 0 heterocycles. The van der Waals surface area contributed by atoms with E-state index in [0.717, 1.165) is 18.5 Å². The van der Waals surface area contributed by atoms with Crippen LogP contribution in [0.15, 0.2) is 30.3 Å². The Balaban J connectivity index is 2.95. The summed E-state index contributed by atoms with van der Waals surface area (Å²) in [6.07, 6.45) is 1.65. The van der Waals surface area contributed by atoms with Gasteiger partial charge in [0.15, 0.2) is 0 Å². The first-order valence-electron chi connectivity index (χ1n) is 6.60. The number of anilines is 1. The normalized spacial score (nSPS) is 11.3. The first kappa shape index (κ1) is 14.7. The first-order chi connectivity index (χ1) is 8.53. The van der Waals surface area contributed by atoms with Crippen molar-refractivity contribution in [3.63, 3.8) is 0 Å². The van der Waals surface area contributed by atoms with Crippen LogP contribution in [0.1, 0.15) is 33.6 Å². The molecule has 1 rings (SSSR count). The molecule has 0 aromatic heterocycles. The molecule has 0 atom stereocenters. The molecular formula is C15H24N2O. The molecule has 0 aliphatic heterocycles. The number of rotatable bonds is 6. The molecule has 0 spiro atoms. The predicted molar refractivity (Wildman–Crippen MR) is 76.5 cm³/mol. The number of para-hydroxylation sites is 1. The van der Waals surface area contributed by atoms with Crippen molar-refractivity contribution in [3.05, 3.63) is 30.3 Å². The summed E-state index contributed by atoms with van der Waals surface area (Å²) in [4.78, 5) is 14.4. The van der Waals surface area contributed by atoms with Gasteiger partial charge in [-0.15, -0.1) is 0 Å². The highest BCUT2D eigenvalue weighted by molar-refractivity contribution is 5.97. The van der Waals surface area contributed by atoms with E-state index in [0.29, 0.717) is 13.1 Å². The quantitative estimate of drug-likeness (QED) is 0.841. The highest BCUT2D eigenvalue weighted by atomic mass is 16.2. The van der Waals surface area contributed by atoms with Crippen LogP contribution in [0.4, 0.5) is 5.69 Å². The zero-order chi connectivity index (χ0) is 13.6. The Kier molecular flexibility index (Phi) is 5.35. The zero-order valence-electron chi connectivity index (χ0n) is 11.6. The second-order valence-corrected chi connectivity index (χ2v) is 5.17. The van der Waals surface area contributed by atoms with Gasteiger partial charge in [0.05, 0.1) is 0 Å². The number of benzene rings is 1. The molecule has 18 heavy (non-hydrogen) atoms. The van der Waals surface area contributed by atoms with Crippen LogP contribution in [0.25, 0.3) is 0 Å². The van der Waals surface area contributed by atoms with Crippen LogP contribution in [0.2, 0.25) is 0 Å². The third-order valence-corrected chi connectivity index (χ3v) is 3.36. The minimum Gasteiger partial charge on any atom is -0.330 e. The summed E-state index contributed by atoms with van der Waals surface area (Å²) < 4.78 is 0. The van der Waals surface area contributed by atoms with Gasteiger partial charge in [-0.1, -0.05) is 39.0 Å². The van der Waals surface area contributed by atoms with Gasteiger partial charge in [0.2, 0.25) is 5.91 Å². The molecule has 100 valence electrons. The maximum atomic E-state index is 12.6. The maximum Gasteiger partial charge on any atom is 0.232 e. The fraction of sp³-hybridized carbons (Fsp3) is 0.533. The minimum atomic E-state index is -0.329. The molecule has 0 bridgehead atoms. The smallest absolute Gasteiger partial charge is 0.232 e. The van der Waals surface area contributed by atoms with Gasteiger partial charge < -0.3 is 10.6 Å². The van der Waals surface area contributed by atoms with Crippen LogP contribution in [0, 0.1) is 5.41 Å². The summed E-state index contributed by atoms with van der Waals surface area (Å²) in [5, 5.41) is 0. The average Bonchev–Trinajstić information content (AvgIpc) is 2.40. The van der Waals surface area contributed by atoms with Crippen molar-refractivity contribution >= 4 is 11.6 Å². The van der Waals surface area contributed by atoms with Crippen LogP contribution in [0.3, 0.4) is 0 Å². The number of nitrogens with zero attached hydrogens (tertiary/aromatic N) is 1. The second-order valence-electron chi connectivity index (χ2n) is 5.17. The molecule has 3 heteroatoms. The standard InChI is InChI=1S/C15H24N2O/c1-4-15(2,3)14(18)17(12-8-11-16)13-9-6-5-7-10-13/h5-7,9-10H,4,8,11-12,16H2,1-3H3. The Hall–Kier alpha value is -1.35. The van der Waals surface area contributed by atoms with E-state index >= 15 is 0 Å². The molecule has 1 amide bonds. The van der Waals surface area contributed by atoms with Crippen molar-refractivity contribution in [2.45, 2.75) is 33.6 Å². The van der Waals surface area contributed by atoms with Crippen LogP contribution in [-0.2, 0) is 4.79 Å². The summed E-state index contributed by atoms with van der Waals surface area (Å²) in [5.74, 6) is 0.171. The Morgan fingerprint density at radius 1 is 1.28 bits per heavy atom. The molecular weight excluding hydrogens is 224 g/mol. The molecule has 1 aromatic rings. The first-order valence-corrected chi connectivity index (χ1v) is 6.60. The third kappa shape index (κ3) is 3.57. The SMILES string of the molecule is CCC(C)(C)C(=O)N(CCCN)c1ccccc1. The number of amides is 1.